The van der Waals surface area contributed by atoms with Crippen molar-refractivity contribution in [3.05, 3.63) is 34.8 Å². The summed E-state index contributed by atoms with van der Waals surface area (Å²) in [4.78, 5) is 23.5. The van der Waals surface area contributed by atoms with Crippen LogP contribution in [-0.4, -0.2) is 51.5 Å². The number of hydrogen-bond acceptors (Lipinski definition) is 5. The van der Waals surface area contributed by atoms with E-state index in [9.17, 15) is 4.79 Å². The molecule has 6 nitrogen and oxygen atoms in total. The molecule has 2 aromatic heterocycles. The van der Waals surface area contributed by atoms with Crippen molar-refractivity contribution in [3.63, 3.8) is 0 Å². The highest BCUT2D eigenvalue weighted by Crippen LogP contribution is 2.28. The summed E-state index contributed by atoms with van der Waals surface area (Å²) in [6.45, 7) is 4.30. The van der Waals surface area contributed by atoms with Gasteiger partial charge in [0.1, 0.15) is 5.82 Å². The Morgan fingerprint density at radius 2 is 2.17 bits per heavy atom. The second-order valence-electron chi connectivity index (χ2n) is 6.68. The van der Waals surface area contributed by atoms with Crippen molar-refractivity contribution in [1.82, 2.24) is 24.8 Å². The number of piperidine rings is 1. The van der Waals surface area contributed by atoms with E-state index in [1.165, 1.54) is 0 Å². The summed E-state index contributed by atoms with van der Waals surface area (Å²) in [5.74, 6) is 2.10. The third-order valence-electron chi connectivity index (χ3n) is 5.14. The molecule has 0 radical (unpaired) electrons. The highest BCUT2D eigenvalue weighted by atomic mass is 32.1. The summed E-state index contributed by atoms with van der Waals surface area (Å²) in [5, 5.41) is 5.37. The minimum absolute atomic E-state index is 0.188. The van der Waals surface area contributed by atoms with Gasteiger partial charge in [-0.3, -0.25) is 4.79 Å². The molecule has 0 saturated carbocycles. The van der Waals surface area contributed by atoms with E-state index in [0.29, 0.717) is 11.8 Å². The quantitative estimate of drug-likeness (QED) is 0.916. The number of nitrogens with one attached hydrogen (secondary N) is 1. The number of hydrogen-bond donors (Lipinski definition) is 1. The molecular weight excluding hydrogens is 322 g/mol. The Morgan fingerprint density at radius 3 is 2.88 bits per heavy atom. The Bertz CT molecular complexity index is 669. The molecule has 24 heavy (non-hydrogen) atoms. The van der Waals surface area contributed by atoms with Gasteiger partial charge >= 0.3 is 0 Å². The molecule has 0 aromatic carbocycles. The molecule has 2 aromatic rings. The van der Waals surface area contributed by atoms with Crippen LogP contribution in [0.2, 0.25) is 0 Å². The van der Waals surface area contributed by atoms with Gasteiger partial charge in [0.15, 0.2) is 0 Å². The van der Waals surface area contributed by atoms with Crippen molar-refractivity contribution < 1.29 is 4.79 Å². The fourth-order valence-corrected chi connectivity index (χ4v) is 4.34. The minimum Gasteiger partial charge on any atom is -0.342 e. The van der Waals surface area contributed by atoms with Gasteiger partial charge in [-0.05, 0) is 25.8 Å². The van der Waals surface area contributed by atoms with Crippen molar-refractivity contribution in [2.45, 2.75) is 31.7 Å². The van der Waals surface area contributed by atoms with Crippen LogP contribution < -0.4 is 5.32 Å². The molecule has 4 heterocycles. The van der Waals surface area contributed by atoms with Gasteiger partial charge < -0.3 is 14.8 Å². The minimum atomic E-state index is 0.188. The second-order valence-corrected chi connectivity index (χ2v) is 7.40. The zero-order valence-corrected chi connectivity index (χ0v) is 14.5. The molecule has 2 aliphatic rings. The van der Waals surface area contributed by atoms with Gasteiger partial charge in [-0.25, -0.2) is 9.97 Å². The molecule has 2 saturated heterocycles. The normalized spacial score (nSPS) is 22.2. The number of likely N-dealkylation sites (tertiary alicyclic amines) is 1. The van der Waals surface area contributed by atoms with E-state index in [1.807, 2.05) is 17.9 Å². The van der Waals surface area contributed by atoms with Crippen molar-refractivity contribution in [2.24, 2.45) is 5.92 Å². The van der Waals surface area contributed by atoms with Gasteiger partial charge in [-0.1, -0.05) is 0 Å². The van der Waals surface area contributed by atoms with Crippen molar-refractivity contribution >= 4 is 17.2 Å². The maximum Gasteiger partial charge on any atom is 0.227 e. The van der Waals surface area contributed by atoms with Gasteiger partial charge in [-0.2, -0.15) is 0 Å². The van der Waals surface area contributed by atoms with E-state index in [-0.39, 0.29) is 5.92 Å². The van der Waals surface area contributed by atoms with Crippen LogP contribution in [0.15, 0.2) is 23.3 Å². The number of imidazole rings is 1. The van der Waals surface area contributed by atoms with Crippen molar-refractivity contribution in [1.29, 1.82) is 0 Å². The van der Waals surface area contributed by atoms with Crippen molar-refractivity contribution in [2.75, 3.05) is 26.2 Å². The van der Waals surface area contributed by atoms with Gasteiger partial charge in [0.25, 0.3) is 0 Å². The molecule has 0 spiro atoms. The fourth-order valence-electron chi connectivity index (χ4n) is 3.79. The molecule has 4 rings (SSSR count). The molecule has 1 amide bonds. The first kappa shape index (κ1) is 15.8. The Labute approximate surface area is 145 Å². The average Bonchev–Trinajstić information content (AvgIpc) is 3.37. The van der Waals surface area contributed by atoms with Gasteiger partial charge in [0.2, 0.25) is 5.91 Å². The molecular formula is C17H23N5OS. The third-order valence-corrected chi connectivity index (χ3v) is 5.78. The first-order valence-electron chi connectivity index (χ1n) is 8.69. The largest absolute Gasteiger partial charge is 0.342 e. The lowest BCUT2D eigenvalue weighted by Gasteiger charge is -2.33. The topological polar surface area (TPSA) is 63.1 Å². The summed E-state index contributed by atoms with van der Waals surface area (Å²) in [5.41, 5.74) is 2.95. The standard InChI is InChI=1S/C17H23N5OS/c23-17(14-1-4-18-9-14)21-6-2-13(3-7-21)16-19-5-8-22(16)10-15-11-24-12-20-15/h5,8,11-14,18H,1-4,6-7,9-10H2/t14-/m0/s1. The molecule has 1 atom stereocenters. The summed E-state index contributed by atoms with van der Waals surface area (Å²) >= 11 is 1.62. The lowest BCUT2D eigenvalue weighted by Crippen LogP contribution is -2.42. The van der Waals surface area contributed by atoms with Crippen LogP contribution in [0.25, 0.3) is 0 Å². The van der Waals surface area contributed by atoms with Crippen LogP contribution in [0.5, 0.6) is 0 Å². The van der Waals surface area contributed by atoms with Crippen LogP contribution in [0, 0.1) is 5.92 Å². The van der Waals surface area contributed by atoms with Crippen LogP contribution in [-0.2, 0) is 11.3 Å². The Hall–Kier alpha value is -1.73. The van der Waals surface area contributed by atoms with Crippen LogP contribution in [0.3, 0.4) is 0 Å². The molecule has 7 heteroatoms. The molecule has 0 unspecified atom stereocenters. The number of nitrogens with zero attached hydrogens (tertiary/aromatic N) is 4. The lowest BCUT2D eigenvalue weighted by atomic mass is 9.94. The number of aromatic nitrogens is 3. The zero-order chi connectivity index (χ0) is 16.4. The van der Waals surface area contributed by atoms with E-state index < -0.39 is 0 Å². The van der Waals surface area contributed by atoms with Gasteiger partial charge in [-0.15, -0.1) is 11.3 Å². The first-order chi connectivity index (χ1) is 11.8. The number of carbonyl (C=O) groups is 1. The SMILES string of the molecule is O=C([C@H]1CCNC1)N1CCC(c2nccn2Cc2cscn2)CC1. The first-order valence-corrected chi connectivity index (χ1v) is 9.63. The smallest absolute Gasteiger partial charge is 0.227 e. The Kier molecular flexibility index (Phi) is 4.62. The van der Waals surface area contributed by atoms with E-state index in [0.717, 1.165) is 63.5 Å². The molecule has 128 valence electrons. The number of thiazole rings is 1. The Morgan fingerprint density at radius 1 is 1.29 bits per heavy atom. The van der Waals surface area contributed by atoms with Crippen LogP contribution >= 0.6 is 11.3 Å². The van der Waals surface area contributed by atoms with E-state index in [2.05, 4.69) is 30.1 Å². The van der Waals surface area contributed by atoms with Gasteiger partial charge in [0.05, 0.1) is 23.7 Å². The molecule has 2 fully saturated rings. The third kappa shape index (κ3) is 3.23. The molecule has 0 aliphatic carbocycles. The number of amides is 1. The monoisotopic (exact) mass is 345 g/mol. The van der Waals surface area contributed by atoms with Crippen molar-refractivity contribution in [3.8, 4) is 0 Å². The average molecular weight is 345 g/mol. The molecule has 1 N–H and O–H groups in total. The predicted molar refractivity (Wildman–Crippen MR) is 93.0 cm³/mol. The highest BCUT2D eigenvalue weighted by molar-refractivity contribution is 7.07. The summed E-state index contributed by atoms with van der Waals surface area (Å²) < 4.78 is 2.21. The molecule has 0 bridgehead atoms. The van der Waals surface area contributed by atoms with Crippen LogP contribution in [0.4, 0.5) is 0 Å². The number of carbonyl (C=O) groups excluding carboxylic acids is 1. The van der Waals surface area contributed by atoms with Crippen LogP contribution in [0.1, 0.15) is 36.7 Å². The highest BCUT2D eigenvalue weighted by Gasteiger charge is 2.31. The predicted octanol–water partition coefficient (Wildman–Crippen LogP) is 1.70. The van der Waals surface area contributed by atoms with Gasteiger partial charge in [0, 0.05) is 43.3 Å². The maximum atomic E-state index is 12.5. The molecule has 2 aliphatic heterocycles. The van der Waals surface area contributed by atoms with E-state index >= 15 is 0 Å². The maximum absolute atomic E-state index is 12.5. The van der Waals surface area contributed by atoms with E-state index in [1.54, 1.807) is 11.3 Å². The summed E-state index contributed by atoms with van der Waals surface area (Å²) in [6.07, 6.45) is 6.90. The number of rotatable bonds is 4. The second kappa shape index (κ2) is 7.03. The zero-order valence-electron chi connectivity index (χ0n) is 13.7. The fraction of sp³-hybridized carbons (Fsp3) is 0.588. The summed E-state index contributed by atoms with van der Waals surface area (Å²) in [7, 11) is 0. The van der Waals surface area contributed by atoms with E-state index in [4.69, 9.17) is 0 Å². The Balaban J connectivity index is 1.37. The lowest BCUT2D eigenvalue weighted by molar-refractivity contribution is -0.136. The summed E-state index contributed by atoms with van der Waals surface area (Å²) in [6, 6.07) is 0.